The molecular weight excluding hydrogens is 481 g/mol. The number of aromatic nitrogens is 1. The Balaban J connectivity index is 0.00000240. The van der Waals surface area contributed by atoms with Crippen LogP contribution >= 0.6 is 28.3 Å². The van der Waals surface area contributed by atoms with Gasteiger partial charge in [0.25, 0.3) is 10.0 Å². The van der Waals surface area contributed by atoms with Gasteiger partial charge >= 0.3 is 0 Å². The average Bonchev–Trinajstić information content (AvgIpc) is 3.02. The summed E-state index contributed by atoms with van der Waals surface area (Å²) in [5.74, 6) is -0.462. The van der Waals surface area contributed by atoms with Crippen LogP contribution in [0.3, 0.4) is 0 Å². The summed E-state index contributed by atoms with van der Waals surface area (Å²) in [5.41, 5.74) is 1.59. The highest BCUT2D eigenvalue weighted by atomic mass is 79.9. The molecule has 1 saturated heterocycles. The predicted molar refractivity (Wildman–Crippen MR) is 119 cm³/mol. The van der Waals surface area contributed by atoms with E-state index in [1.807, 2.05) is 12.1 Å². The van der Waals surface area contributed by atoms with Crippen LogP contribution in [0.25, 0.3) is 10.9 Å². The van der Waals surface area contributed by atoms with Crippen molar-refractivity contribution >= 4 is 49.3 Å². The lowest BCUT2D eigenvalue weighted by atomic mass is 10.1. The number of nitrogens with zero attached hydrogens (tertiary/aromatic N) is 3. The Labute approximate surface area is 184 Å². The van der Waals surface area contributed by atoms with Crippen molar-refractivity contribution in [3.63, 3.8) is 0 Å². The zero-order valence-corrected chi connectivity index (χ0v) is 19.1. The summed E-state index contributed by atoms with van der Waals surface area (Å²) >= 11 is 3.49. The van der Waals surface area contributed by atoms with E-state index in [1.165, 1.54) is 28.2 Å². The maximum Gasteiger partial charge on any atom is 0.268 e. The minimum atomic E-state index is -3.82. The van der Waals surface area contributed by atoms with Gasteiger partial charge in [-0.05, 0) is 55.1 Å². The molecule has 2 aromatic carbocycles. The van der Waals surface area contributed by atoms with E-state index < -0.39 is 15.8 Å². The fourth-order valence-electron chi connectivity index (χ4n) is 3.53. The molecule has 2 heterocycles. The standard InChI is InChI=1S/C20H21BrFN3O2S.ClH/c1-23-8-10-24(11-9-23)13-15-14-25(20-7-2-16(21)12-19(15)20)28(26,27)18-5-3-17(22)4-6-18;/h2-7,12,14H,8-11,13H2,1H3;1H. The first-order valence-electron chi connectivity index (χ1n) is 9.06. The zero-order chi connectivity index (χ0) is 19.9. The first kappa shape index (κ1) is 22.2. The van der Waals surface area contributed by atoms with Crippen LogP contribution in [-0.2, 0) is 16.6 Å². The third kappa shape index (κ3) is 4.51. The van der Waals surface area contributed by atoms with Gasteiger partial charge in [-0.2, -0.15) is 0 Å². The first-order chi connectivity index (χ1) is 13.3. The number of likely N-dealkylation sites (N-methyl/N-ethyl adjacent to an activating group) is 1. The fourth-order valence-corrected chi connectivity index (χ4v) is 5.28. The van der Waals surface area contributed by atoms with E-state index in [0.29, 0.717) is 12.1 Å². The van der Waals surface area contributed by atoms with Crippen molar-refractivity contribution in [2.75, 3.05) is 33.2 Å². The molecule has 3 aromatic rings. The van der Waals surface area contributed by atoms with E-state index in [4.69, 9.17) is 0 Å². The third-order valence-corrected chi connectivity index (χ3v) is 7.36. The smallest absolute Gasteiger partial charge is 0.268 e. The second-order valence-corrected chi connectivity index (χ2v) is 9.88. The normalized spacial score (nSPS) is 16.1. The Morgan fingerprint density at radius 1 is 1.03 bits per heavy atom. The van der Waals surface area contributed by atoms with Gasteiger partial charge < -0.3 is 4.90 Å². The second kappa shape index (κ2) is 8.73. The van der Waals surface area contributed by atoms with Gasteiger partial charge in [-0.1, -0.05) is 15.9 Å². The SMILES string of the molecule is CN1CCN(Cc2cn(S(=O)(=O)c3ccc(F)cc3)c3ccc(Br)cc23)CC1.Cl. The summed E-state index contributed by atoms with van der Waals surface area (Å²) in [7, 11) is -1.71. The molecule has 0 unspecified atom stereocenters. The number of hydrogen-bond donors (Lipinski definition) is 0. The van der Waals surface area contributed by atoms with Gasteiger partial charge in [0.1, 0.15) is 5.82 Å². The minimum Gasteiger partial charge on any atom is -0.304 e. The molecule has 0 bridgehead atoms. The molecule has 0 saturated carbocycles. The molecule has 0 aliphatic carbocycles. The zero-order valence-electron chi connectivity index (χ0n) is 15.9. The number of halogens is 3. The lowest BCUT2D eigenvalue weighted by molar-refractivity contribution is 0.148. The van der Waals surface area contributed by atoms with Crippen molar-refractivity contribution in [2.45, 2.75) is 11.4 Å². The summed E-state index contributed by atoms with van der Waals surface area (Å²) in [6.45, 7) is 4.57. The van der Waals surface area contributed by atoms with Gasteiger partial charge in [0.15, 0.2) is 0 Å². The van der Waals surface area contributed by atoms with E-state index >= 15 is 0 Å². The maximum absolute atomic E-state index is 13.3. The summed E-state index contributed by atoms with van der Waals surface area (Å²) in [5, 5.41) is 0.902. The van der Waals surface area contributed by atoms with E-state index in [0.717, 1.165) is 41.6 Å². The molecule has 0 N–H and O–H groups in total. The lowest BCUT2D eigenvalue weighted by Crippen LogP contribution is -2.43. The van der Waals surface area contributed by atoms with Crippen molar-refractivity contribution in [1.29, 1.82) is 0 Å². The van der Waals surface area contributed by atoms with Crippen molar-refractivity contribution in [3.8, 4) is 0 Å². The average molecular weight is 503 g/mol. The molecule has 0 amide bonds. The highest BCUT2D eigenvalue weighted by Crippen LogP contribution is 2.29. The quantitative estimate of drug-likeness (QED) is 0.542. The molecule has 1 aliphatic heterocycles. The highest BCUT2D eigenvalue weighted by molar-refractivity contribution is 9.10. The first-order valence-corrected chi connectivity index (χ1v) is 11.3. The molecule has 1 aromatic heterocycles. The Bertz CT molecular complexity index is 1110. The molecule has 1 fully saturated rings. The van der Waals surface area contributed by atoms with E-state index in [1.54, 1.807) is 12.3 Å². The molecule has 4 rings (SSSR count). The molecule has 1 aliphatic rings. The largest absolute Gasteiger partial charge is 0.304 e. The van der Waals surface area contributed by atoms with Gasteiger partial charge in [-0.25, -0.2) is 16.8 Å². The maximum atomic E-state index is 13.3. The van der Waals surface area contributed by atoms with Crippen molar-refractivity contribution in [1.82, 2.24) is 13.8 Å². The Hall–Kier alpha value is -1.45. The van der Waals surface area contributed by atoms with Crippen LogP contribution in [0.2, 0.25) is 0 Å². The molecule has 0 radical (unpaired) electrons. The third-order valence-electron chi connectivity index (χ3n) is 5.18. The monoisotopic (exact) mass is 501 g/mol. The minimum absolute atomic E-state index is 0. The number of rotatable bonds is 4. The predicted octanol–water partition coefficient (Wildman–Crippen LogP) is 3.95. The van der Waals surface area contributed by atoms with Crippen LogP contribution in [-0.4, -0.2) is 55.4 Å². The topological polar surface area (TPSA) is 45.5 Å². The van der Waals surface area contributed by atoms with Crippen LogP contribution in [0.15, 0.2) is 58.0 Å². The van der Waals surface area contributed by atoms with Crippen LogP contribution in [0.5, 0.6) is 0 Å². The molecule has 0 atom stereocenters. The molecule has 156 valence electrons. The van der Waals surface area contributed by atoms with Crippen molar-refractivity contribution in [3.05, 3.63) is 64.5 Å². The van der Waals surface area contributed by atoms with Crippen LogP contribution in [0, 0.1) is 5.82 Å². The number of hydrogen-bond acceptors (Lipinski definition) is 4. The molecule has 0 spiro atoms. The van der Waals surface area contributed by atoms with E-state index in [2.05, 4.69) is 32.8 Å². The molecule has 5 nitrogen and oxygen atoms in total. The van der Waals surface area contributed by atoms with Crippen LogP contribution in [0.1, 0.15) is 5.56 Å². The number of fused-ring (bicyclic) bond motifs is 1. The Kier molecular flexibility index (Phi) is 6.70. The van der Waals surface area contributed by atoms with Crippen LogP contribution in [0.4, 0.5) is 4.39 Å². The van der Waals surface area contributed by atoms with Crippen molar-refractivity contribution in [2.24, 2.45) is 0 Å². The van der Waals surface area contributed by atoms with E-state index in [-0.39, 0.29) is 17.3 Å². The molecular formula is C20H22BrClFN3O2S. The number of piperazine rings is 1. The number of benzene rings is 2. The highest BCUT2D eigenvalue weighted by Gasteiger charge is 2.23. The Morgan fingerprint density at radius 3 is 2.34 bits per heavy atom. The van der Waals surface area contributed by atoms with Gasteiger partial charge in [0.2, 0.25) is 0 Å². The van der Waals surface area contributed by atoms with Gasteiger partial charge in [-0.15, -0.1) is 12.4 Å². The van der Waals surface area contributed by atoms with Gasteiger partial charge in [-0.3, -0.25) is 4.90 Å². The van der Waals surface area contributed by atoms with Crippen molar-refractivity contribution < 1.29 is 12.8 Å². The summed E-state index contributed by atoms with van der Waals surface area (Å²) in [6, 6.07) is 10.5. The summed E-state index contributed by atoms with van der Waals surface area (Å²) in [6.07, 6.45) is 1.70. The lowest BCUT2D eigenvalue weighted by Gasteiger charge is -2.32. The van der Waals surface area contributed by atoms with Crippen LogP contribution < -0.4 is 0 Å². The second-order valence-electron chi connectivity index (χ2n) is 7.15. The Morgan fingerprint density at radius 2 is 1.69 bits per heavy atom. The summed E-state index contributed by atoms with van der Waals surface area (Å²) < 4.78 is 41.9. The summed E-state index contributed by atoms with van der Waals surface area (Å²) in [4.78, 5) is 4.69. The van der Waals surface area contributed by atoms with Gasteiger partial charge in [0.05, 0.1) is 10.4 Å². The fraction of sp³-hybridized carbons (Fsp3) is 0.300. The van der Waals surface area contributed by atoms with Gasteiger partial charge in [0, 0.05) is 48.8 Å². The molecule has 29 heavy (non-hydrogen) atoms. The molecule has 9 heteroatoms. The van der Waals surface area contributed by atoms with E-state index in [9.17, 15) is 12.8 Å².